The molecule has 4 heteroatoms. The van der Waals surface area contributed by atoms with E-state index in [1.807, 2.05) is 0 Å². The second kappa shape index (κ2) is 2.88. The number of aliphatic hydroxyl groups excluding tert-OH is 1. The Balaban J connectivity index is 2.28. The molecule has 1 aromatic heterocycles. The maximum Gasteiger partial charge on any atom is 0.198 e. The predicted molar refractivity (Wildman–Crippen MR) is 63.3 cm³/mol. The second-order valence-corrected chi connectivity index (χ2v) is 5.62. The summed E-state index contributed by atoms with van der Waals surface area (Å²) in [5.74, 6) is 0.198. The summed E-state index contributed by atoms with van der Waals surface area (Å²) in [7, 11) is 0. The van der Waals surface area contributed by atoms with Gasteiger partial charge in [-0.1, -0.05) is 26.0 Å². The van der Waals surface area contributed by atoms with Gasteiger partial charge >= 0.3 is 0 Å². The van der Waals surface area contributed by atoms with Crippen LogP contribution in [0.25, 0.3) is 0 Å². The average Bonchev–Trinajstić information content (AvgIpc) is 2.78. The van der Waals surface area contributed by atoms with Gasteiger partial charge < -0.3 is 15.3 Å². The maximum atomic E-state index is 10.2. The summed E-state index contributed by atoms with van der Waals surface area (Å²) < 4.78 is 1.40. The van der Waals surface area contributed by atoms with Crippen molar-refractivity contribution in [1.29, 1.82) is 0 Å². The van der Waals surface area contributed by atoms with Crippen LogP contribution < -0.4 is 0 Å². The van der Waals surface area contributed by atoms with Gasteiger partial charge in [0.1, 0.15) is 0 Å². The molecule has 2 unspecified atom stereocenters. The van der Waals surface area contributed by atoms with Crippen molar-refractivity contribution in [3.8, 4) is 11.8 Å². The van der Waals surface area contributed by atoms with Gasteiger partial charge in [-0.15, -0.1) is 0 Å². The van der Waals surface area contributed by atoms with Crippen molar-refractivity contribution in [3.05, 3.63) is 23.3 Å². The standard InChI is InChI=1S/C13H17NO3/c1-12-3-4-13(2,7-12)9-8(12)10(16)14(5-6-15)11(9)17/h3-4,15-17H,5-7H2,1-2H3. The molecule has 0 fully saturated rings. The molecule has 0 aromatic carbocycles. The van der Waals surface area contributed by atoms with Gasteiger partial charge in [-0.2, -0.15) is 0 Å². The molecule has 2 bridgehead atoms. The van der Waals surface area contributed by atoms with Crippen LogP contribution in [0.3, 0.4) is 0 Å². The normalized spacial score (nSPS) is 33.4. The van der Waals surface area contributed by atoms with E-state index >= 15 is 0 Å². The van der Waals surface area contributed by atoms with Crippen molar-refractivity contribution in [1.82, 2.24) is 4.57 Å². The molecule has 0 aliphatic heterocycles. The molecule has 0 radical (unpaired) electrons. The van der Waals surface area contributed by atoms with E-state index in [-0.39, 0.29) is 35.7 Å². The van der Waals surface area contributed by atoms with E-state index in [0.29, 0.717) is 0 Å². The highest BCUT2D eigenvalue weighted by Crippen LogP contribution is 2.62. The molecule has 0 spiro atoms. The lowest BCUT2D eigenvalue weighted by molar-refractivity contribution is 0.254. The van der Waals surface area contributed by atoms with E-state index in [1.54, 1.807) is 0 Å². The fourth-order valence-electron chi connectivity index (χ4n) is 3.58. The molecule has 92 valence electrons. The Morgan fingerprint density at radius 1 is 1.12 bits per heavy atom. The predicted octanol–water partition coefficient (Wildman–Crippen LogP) is 1.38. The van der Waals surface area contributed by atoms with E-state index in [1.165, 1.54) is 4.57 Å². The highest BCUT2D eigenvalue weighted by molar-refractivity contribution is 5.64. The van der Waals surface area contributed by atoms with Crippen LogP contribution >= 0.6 is 0 Å². The van der Waals surface area contributed by atoms with Gasteiger partial charge in [-0.25, -0.2) is 0 Å². The minimum atomic E-state index is -0.188. The zero-order valence-electron chi connectivity index (χ0n) is 10.1. The second-order valence-electron chi connectivity index (χ2n) is 5.62. The largest absolute Gasteiger partial charge is 0.494 e. The first-order valence-corrected chi connectivity index (χ1v) is 5.89. The fourth-order valence-corrected chi connectivity index (χ4v) is 3.58. The molecule has 0 amide bonds. The number of aliphatic hydroxyl groups is 1. The van der Waals surface area contributed by atoms with Gasteiger partial charge in [0, 0.05) is 22.0 Å². The number of nitrogens with zero attached hydrogens (tertiary/aromatic N) is 1. The van der Waals surface area contributed by atoms with Gasteiger partial charge in [0.2, 0.25) is 0 Å². The van der Waals surface area contributed by atoms with E-state index in [9.17, 15) is 10.2 Å². The zero-order chi connectivity index (χ0) is 12.4. The SMILES string of the molecule is CC12C=CC(C)(C1)c1c2c(O)n(CCO)c1O. The molecule has 2 aliphatic rings. The molecule has 1 heterocycles. The first-order chi connectivity index (χ1) is 7.93. The summed E-state index contributed by atoms with van der Waals surface area (Å²) in [6, 6.07) is 0. The van der Waals surface area contributed by atoms with Crippen molar-refractivity contribution in [2.75, 3.05) is 6.61 Å². The highest BCUT2D eigenvalue weighted by Gasteiger charge is 2.54. The Labute approximate surface area is 99.8 Å². The molecule has 2 aliphatic carbocycles. The quantitative estimate of drug-likeness (QED) is 0.678. The molecule has 2 atom stereocenters. The Morgan fingerprint density at radius 3 is 2.00 bits per heavy atom. The van der Waals surface area contributed by atoms with E-state index in [0.717, 1.165) is 17.5 Å². The maximum absolute atomic E-state index is 10.2. The number of hydrogen-bond donors (Lipinski definition) is 3. The lowest BCUT2D eigenvalue weighted by Gasteiger charge is -2.19. The number of allylic oxidation sites excluding steroid dienone is 2. The lowest BCUT2D eigenvalue weighted by Crippen LogP contribution is -2.15. The molecule has 4 nitrogen and oxygen atoms in total. The van der Waals surface area contributed by atoms with Crippen LogP contribution in [0, 0.1) is 0 Å². The number of rotatable bonds is 2. The first-order valence-electron chi connectivity index (χ1n) is 5.89. The Bertz CT molecular complexity index is 490. The molecule has 0 saturated carbocycles. The van der Waals surface area contributed by atoms with E-state index in [2.05, 4.69) is 26.0 Å². The molecule has 0 saturated heterocycles. The van der Waals surface area contributed by atoms with E-state index in [4.69, 9.17) is 5.11 Å². The summed E-state index contributed by atoms with van der Waals surface area (Å²) in [5, 5.41) is 29.4. The average molecular weight is 235 g/mol. The summed E-state index contributed by atoms with van der Waals surface area (Å²) in [4.78, 5) is 0. The van der Waals surface area contributed by atoms with Gasteiger partial charge in [0.25, 0.3) is 0 Å². The topological polar surface area (TPSA) is 65.6 Å². The highest BCUT2D eigenvalue weighted by atomic mass is 16.3. The molecule has 17 heavy (non-hydrogen) atoms. The molecule has 3 rings (SSSR count). The van der Waals surface area contributed by atoms with E-state index < -0.39 is 0 Å². The number of fused-ring (bicyclic) bond motifs is 5. The van der Waals surface area contributed by atoms with Crippen LogP contribution in [0.4, 0.5) is 0 Å². The van der Waals surface area contributed by atoms with Gasteiger partial charge in [-0.05, 0) is 6.42 Å². The number of aromatic nitrogens is 1. The summed E-state index contributed by atoms with van der Waals surface area (Å²) in [5.41, 5.74) is 1.28. The van der Waals surface area contributed by atoms with Crippen molar-refractivity contribution in [3.63, 3.8) is 0 Å². The Morgan fingerprint density at radius 2 is 1.59 bits per heavy atom. The third-order valence-electron chi connectivity index (χ3n) is 4.23. The Kier molecular flexibility index (Phi) is 1.81. The van der Waals surface area contributed by atoms with Gasteiger partial charge in [0.05, 0.1) is 13.2 Å². The Hall–Kier alpha value is -1.42. The minimum Gasteiger partial charge on any atom is -0.494 e. The van der Waals surface area contributed by atoms with Crippen LogP contribution in [-0.2, 0) is 17.4 Å². The molecular formula is C13H17NO3. The van der Waals surface area contributed by atoms with Crippen LogP contribution in [0.5, 0.6) is 11.8 Å². The summed E-state index contributed by atoms with van der Waals surface area (Å²) in [6.45, 7) is 4.26. The molecule has 1 aromatic rings. The third kappa shape index (κ3) is 1.06. The van der Waals surface area contributed by atoms with Crippen molar-refractivity contribution in [2.45, 2.75) is 37.6 Å². The number of hydrogen-bond acceptors (Lipinski definition) is 3. The summed E-state index contributed by atoms with van der Waals surface area (Å²) in [6.07, 6.45) is 5.11. The van der Waals surface area contributed by atoms with Crippen LogP contribution in [0.1, 0.15) is 31.4 Å². The zero-order valence-corrected chi connectivity index (χ0v) is 10.1. The first kappa shape index (κ1) is 10.7. The molecular weight excluding hydrogens is 218 g/mol. The van der Waals surface area contributed by atoms with Crippen LogP contribution in [-0.4, -0.2) is 26.5 Å². The third-order valence-corrected chi connectivity index (χ3v) is 4.23. The smallest absolute Gasteiger partial charge is 0.198 e. The fraction of sp³-hybridized carbons (Fsp3) is 0.538. The van der Waals surface area contributed by atoms with Crippen LogP contribution in [0.2, 0.25) is 0 Å². The lowest BCUT2D eigenvalue weighted by atomic mass is 9.86. The number of aromatic hydroxyl groups is 2. The van der Waals surface area contributed by atoms with Crippen molar-refractivity contribution < 1.29 is 15.3 Å². The minimum absolute atomic E-state index is 0.0992. The van der Waals surface area contributed by atoms with Gasteiger partial charge in [0.15, 0.2) is 11.8 Å². The van der Waals surface area contributed by atoms with Crippen LogP contribution in [0.15, 0.2) is 12.2 Å². The van der Waals surface area contributed by atoms with Crippen molar-refractivity contribution in [2.24, 2.45) is 0 Å². The monoisotopic (exact) mass is 235 g/mol. The van der Waals surface area contributed by atoms with Gasteiger partial charge in [-0.3, -0.25) is 4.57 Å². The summed E-state index contributed by atoms with van der Waals surface area (Å²) >= 11 is 0. The van der Waals surface area contributed by atoms with Crippen molar-refractivity contribution >= 4 is 0 Å². The molecule has 3 N–H and O–H groups in total.